The van der Waals surface area contributed by atoms with Gasteiger partial charge in [-0.25, -0.2) is 25.2 Å². The molecule has 17 heavy (non-hydrogen) atoms. The van der Waals surface area contributed by atoms with E-state index in [0.717, 1.165) is 18.0 Å². The molecule has 2 heterocycles. The summed E-state index contributed by atoms with van der Waals surface area (Å²) in [5, 5.41) is 0.250. The minimum atomic E-state index is -0.625. The van der Waals surface area contributed by atoms with Crippen molar-refractivity contribution in [1.82, 2.24) is 19.9 Å². The van der Waals surface area contributed by atoms with Gasteiger partial charge in [0.15, 0.2) is 11.0 Å². The van der Waals surface area contributed by atoms with Crippen molar-refractivity contribution in [3.05, 3.63) is 34.6 Å². The molecule has 0 aliphatic heterocycles. The largest absolute Gasteiger partial charge is 0.301 e. The van der Waals surface area contributed by atoms with Crippen molar-refractivity contribution in [3.63, 3.8) is 0 Å². The molecule has 88 valence electrons. The Hall–Kier alpha value is -2.00. The first kappa shape index (κ1) is 11.5. The summed E-state index contributed by atoms with van der Waals surface area (Å²) in [5.74, 6) is 4.56. The zero-order chi connectivity index (χ0) is 12.3. The number of nitrogens with zero attached hydrogens (tertiary/aromatic N) is 3. The lowest BCUT2D eigenvalue weighted by atomic mass is 10.6. The first-order valence-corrected chi connectivity index (χ1v) is 5.23. The van der Waals surface area contributed by atoms with Gasteiger partial charge in [0.25, 0.3) is 5.56 Å². The second-order valence-corrected chi connectivity index (χ2v) is 3.81. The van der Waals surface area contributed by atoms with E-state index in [9.17, 15) is 9.18 Å². The van der Waals surface area contributed by atoms with E-state index in [0.29, 0.717) is 0 Å². The molecule has 0 bridgehead atoms. The number of aromatic nitrogens is 4. The first-order valence-electron chi connectivity index (χ1n) is 4.41. The molecule has 0 aromatic carbocycles. The number of halogens is 1. The van der Waals surface area contributed by atoms with Crippen molar-refractivity contribution in [1.29, 1.82) is 0 Å². The van der Waals surface area contributed by atoms with Crippen molar-refractivity contribution in [2.24, 2.45) is 5.84 Å². The molecule has 0 saturated heterocycles. The Kier molecular flexibility index (Phi) is 3.30. The summed E-state index contributed by atoms with van der Waals surface area (Å²) in [6.45, 7) is 0. The van der Waals surface area contributed by atoms with Gasteiger partial charge in [0, 0.05) is 12.3 Å². The molecule has 9 heteroatoms. The molecule has 2 rings (SSSR count). The van der Waals surface area contributed by atoms with Crippen LogP contribution in [0.5, 0.6) is 0 Å². The van der Waals surface area contributed by atoms with Gasteiger partial charge in [0.05, 0.1) is 6.20 Å². The Balaban J connectivity index is 2.32. The van der Waals surface area contributed by atoms with Crippen LogP contribution in [0.25, 0.3) is 0 Å². The van der Waals surface area contributed by atoms with Crippen LogP contribution in [0, 0.1) is 5.82 Å². The number of hydrazine groups is 1. The highest BCUT2D eigenvalue weighted by Gasteiger charge is 2.09. The van der Waals surface area contributed by atoms with E-state index in [1.165, 1.54) is 12.3 Å². The van der Waals surface area contributed by atoms with E-state index in [1.807, 2.05) is 0 Å². The van der Waals surface area contributed by atoms with Gasteiger partial charge in [-0.2, -0.15) is 0 Å². The molecular formula is C8H7FN6OS. The minimum absolute atomic E-state index is 0.0160. The Bertz CT molecular complexity index is 588. The van der Waals surface area contributed by atoms with Gasteiger partial charge >= 0.3 is 0 Å². The molecule has 0 unspecified atom stereocenters. The van der Waals surface area contributed by atoms with E-state index in [-0.39, 0.29) is 21.7 Å². The van der Waals surface area contributed by atoms with Crippen LogP contribution in [0.1, 0.15) is 0 Å². The van der Waals surface area contributed by atoms with E-state index >= 15 is 0 Å². The van der Waals surface area contributed by atoms with Gasteiger partial charge in [-0.3, -0.25) is 10.2 Å². The molecule has 2 aromatic rings. The standard InChI is InChI=1S/C8H7FN6OS/c9-4-3-12-7(15-10)14-6(4)17-8-11-2-1-5(16)13-8/h1-3H,10H2,(H,11,13,16)(H,12,14,15). The fourth-order valence-corrected chi connectivity index (χ4v) is 1.72. The third-order valence-electron chi connectivity index (χ3n) is 1.68. The van der Waals surface area contributed by atoms with Crippen LogP contribution >= 0.6 is 11.8 Å². The summed E-state index contributed by atoms with van der Waals surface area (Å²) >= 11 is 0.870. The van der Waals surface area contributed by atoms with Gasteiger partial charge in [-0.15, -0.1) is 0 Å². The van der Waals surface area contributed by atoms with Crippen LogP contribution in [0.15, 0.2) is 33.4 Å². The molecule has 0 fully saturated rings. The van der Waals surface area contributed by atoms with Gasteiger partial charge in [-0.1, -0.05) is 0 Å². The lowest BCUT2D eigenvalue weighted by Crippen LogP contribution is -2.11. The first-order chi connectivity index (χ1) is 8.19. The summed E-state index contributed by atoms with van der Waals surface area (Å²) in [4.78, 5) is 24.7. The quantitative estimate of drug-likeness (QED) is 0.309. The highest BCUT2D eigenvalue weighted by Crippen LogP contribution is 2.24. The molecule has 0 amide bonds. The molecule has 0 saturated carbocycles. The number of hydrogen-bond donors (Lipinski definition) is 3. The van der Waals surface area contributed by atoms with Gasteiger partial charge in [0.2, 0.25) is 5.95 Å². The monoisotopic (exact) mass is 254 g/mol. The Morgan fingerprint density at radius 2 is 2.29 bits per heavy atom. The Morgan fingerprint density at radius 3 is 3.00 bits per heavy atom. The van der Waals surface area contributed by atoms with E-state index in [2.05, 4.69) is 25.4 Å². The fraction of sp³-hybridized carbons (Fsp3) is 0. The Morgan fingerprint density at radius 1 is 1.47 bits per heavy atom. The van der Waals surface area contributed by atoms with E-state index in [1.54, 1.807) is 0 Å². The maximum atomic E-state index is 13.4. The number of nitrogens with one attached hydrogen (secondary N) is 2. The molecule has 0 aliphatic carbocycles. The molecular weight excluding hydrogens is 247 g/mol. The number of nitrogen functional groups attached to an aromatic ring is 1. The predicted octanol–water partition coefficient (Wildman–Crippen LogP) is 0.136. The maximum Gasteiger partial charge on any atom is 0.251 e. The zero-order valence-electron chi connectivity index (χ0n) is 8.35. The van der Waals surface area contributed by atoms with Crippen LogP contribution in [0.3, 0.4) is 0 Å². The van der Waals surface area contributed by atoms with Crippen LogP contribution in [0.2, 0.25) is 0 Å². The zero-order valence-corrected chi connectivity index (χ0v) is 9.16. The SMILES string of the molecule is NNc1ncc(F)c(Sc2nccc(=O)[nH]2)n1. The third-order valence-corrected chi connectivity index (χ3v) is 2.56. The minimum Gasteiger partial charge on any atom is -0.301 e. The Labute approximate surface area is 98.7 Å². The molecule has 0 atom stereocenters. The van der Waals surface area contributed by atoms with Crippen LogP contribution < -0.4 is 16.8 Å². The average molecular weight is 254 g/mol. The summed E-state index contributed by atoms with van der Waals surface area (Å²) in [6.07, 6.45) is 2.30. The maximum absolute atomic E-state index is 13.4. The van der Waals surface area contributed by atoms with Crippen LogP contribution in [0.4, 0.5) is 10.3 Å². The second-order valence-electron chi connectivity index (χ2n) is 2.83. The summed E-state index contributed by atoms with van der Waals surface area (Å²) in [7, 11) is 0. The topological polar surface area (TPSA) is 110 Å². The highest BCUT2D eigenvalue weighted by molar-refractivity contribution is 7.99. The van der Waals surface area contributed by atoms with Crippen molar-refractivity contribution < 1.29 is 4.39 Å². The summed E-state index contributed by atoms with van der Waals surface area (Å²) < 4.78 is 13.4. The van der Waals surface area contributed by atoms with Crippen molar-refractivity contribution >= 4 is 17.7 Å². The molecule has 4 N–H and O–H groups in total. The molecule has 0 radical (unpaired) electrons. The fourth-order valence-electron chi connectivity index (χ4n) is 0.988. The molecule has 0 aliphatic rings. The number of H-pyrrole nitrogens is 1. The normalized spacial score (nSPS) is 10.2. The van der Waals surface area contributed by atoms with Crippen LogP contribution in [-0.4, -0.2) is 19.9 Å². The number of rotatable bonds is 3. The molecule has 0 spiro atoms. The van der Waals surface area contributed by atoms with Crippen molar-refractivity contribution in [2.45, 2.75) is 10.2 Å². The van der Waals surface area contributed by atoms with Crippen molar-refractivity contribution in [2.75, 3.05) is 5.43 Å². The summed E-state index contributed by atoms with van der Waals surface area (Å²) in [6, 6.07) is 1.26. The number of anilines is 1. The third kappa shape index (κ3) is 2.77. The predicted molar refractivity (Wildman–Crippen MR) is 58.8 cm³/mol. The van der Waals surface area contributed by atoms with Crippen LogP contribution in [-0.2, 0) is 0 Å². The van der Waals surface area contributed by atoms with E-state index < -0.39 is 5.82 Å². The number of hydrogen-bond acceptors (Lipinski definition) is 7. The molecule has 7 nitrogen and oxygen atoms in total. The van der Waals surface area contributed by atoms with Gasteiger partial charge < -0.3 is 4.98 Å². The van der Waals surface area contributed by atoms with Gasteiger partial charge in [-0.05, 0) is 11.8 Å². The number of nitrogens with two attached hydrogens (primary N) is 1. The van der Waals surface area contributed by atoms with E-state index in [4.69, 9.17) is 5.84 Å². The number of aromatic amines is 1. The average Bonchev–Trinajstić information content (AvgIpc) is 2.32. The second kappa shape index (κ2) is 4.89. The lowest BCUT2D eigenvalue weighted by molar-refractivity contribution is 0.579. The summed E-state index contributed by atoms with van der Waals surface area (Å²) in [5.41, 5.74) is 1.87. The molecule has 2 aromatic heterocycles. The van der Waals surface area contributed by atoms with Crippen molar-refractivity contribution in [3.8, 4) is 0 Å². The highest BCUT2D eigenvalue weighted by atomic mass is 32.2. The smallest absolute Gasteiger partial charge is 0.251 e. The lowest BCUT2D eigenvalue weighted by Gasteiger charge is -2.03. The van der Waals surface area contributed by atoms with Gasteiger partial charge in [0.1, 0.15) is 5.03 Å².